The summed E-state index contributed by atoms with van der Waals surface area (Å²) in [6.45, 7) is 4.11. The van der Waals surface area contributed by atoms with Gasteiger partial charge in [-0.2, -0.15) is 0 Å². The molecule has 0 radical (unpaired) electrons. The molecule has 1 N–H and O–H groups in total. The molecule has 134 valence electrons. The number of piperidine rings is 1. The molecular formula is C17H27N3O4. The maximum atomic E-state index is 12.6. The summed E-state index contributed by atoms with van der Waals surface area (Å²) in [7, 11) is 0. The molecule has 1 aliphatic carbocycles. The number of likely N-dealkylation sites (tertiary alicyclic amines) is 1. The number of carbonyl (C=O) groups is 3. The molecule has 2 aliphatic heterocycles. The Balaban J connectivity index is 1.52. The molecule has 1 saturated carbocycles. The van der Waals surface area contributed by atoms with Crippen molar-refractivity contribution in [3.63, 3.8) is 0 Å². The Morgan fingerprint density at radius 1 is 1.29 bits per heavy atom. The van der Waals surface area contributed by atoms with Crippen molar-refractivity contribution in [2.24, 2.45) is 0 Å². The first-order valence-corrected chi connectivity index (χ1v) is 9.09. The Hall–Kier alpha value is -1.63. The molecule has 1 spiro atoms. The van der Waals surface area contributed by atoms with Gasteiger partial charge in [-0.25, -0.2) is 4.79 Å². The lowest BCUT2D eigenvalue weighted by molar-refractivity contribution is -0.136. The fourth-order valence-corrected chi connectivity index (χ4v) is 4.10. The lowest BCUT2D eigenvalue weighted by atomic mass is 9.98. The first-order valence-electron chi connectivity index (χ1n) is 9.09. The molecule has 1 atom stereocenters. The second-order valence-corrected chi connectivity index (χ2v) is 6.99. The monoisotopic (exact) mass is 337 g/mol. The number of nitrogens with one attached hydrogen (secondary N) is 1. The van der Waals surface area contributed by atoms with Gasteiger partial charge in [-0.05, 0) is 32.6 Å². The molecule has 0 aromatic carbocycles. The van der Waals surface area contributed by atoms with Gasteiger partial charge in [-0.3, -0.25) is 14.5 Å². The van der Waals surface area contributed by atoms with Gasteiger partial charge in [0.1, 0.15) is 5.54 Å². The number of hydrogen-bond acceptors (Lipinski definition) is 4. The van der Waals surface area contributed by atoms with Crippen molar-refractivity contribution < 1.29 is 19.1 Å². The van der Waals surface area contributed by atoms with E-state index in [-0.39, 0.29) is 36.9 Å². The minimum Gasteiger partial charge on any atom is -0.377 e. The van der Waals surface area contributed by atoms with Crippen LogP contribution in [0.3, 0.4) is 0 Å². The molecule has 24 heavy (non-hydrogen) atoms. The highest BCUT2D eigenvalue weighted by atomic mass is 16.5. The number of imide groups is 1. The predicted molar refractivity (Wildman–Crippen MR) is 87.3 cm³/mol. The fraction of sp³-hybridized carbons (Fsp3) is 0.824. The van der Waals surface area contributed by atoms with E-state index in [1.807, 2.05) is 6.92 Å². The van der Waals surface area contributed by atoms with Crippen LogP contribution in [0.5, 0.6) is 0 Å². The predicted octanol–water partition coefficient (Wildman–Crippen LogP) is 1.27. The Kier molecular flexibility index (Phi) is 5.08. The van der Waals surface area contributed by atoms with Gasteiger partial charge in [0.25, 0.3) is 5.91 Å². The maximum absolute atomic E-state index is 12.6. The third-order valence-electron chi connectivity index (χ3n) is 5.39. The highest BCUT2D eigenvalue weighted by Gasteiger charge is 2.52. The van der Waals surface area contributed by atoms with Gasteiger partial charge in [0, 0.05) is 32.7 Å². The summed E-state index contributed by atoms with van der Waals surface area (Å²) in [6, 6.07) is -0.347. The van der Waals surface area contributed by atoms with Crippen LogP contribution in [0.25, 0.3) is 0 Å². The van der Waals surface area contributed by atoms with E-state index in [2.05, 4.69) is 5.32 Å². The molecule has 3 aliphatic rings. The van der Waals surface area contributed by atoms with Crippen LogP contribution in [0.1, 0.15) is 51.9 Å². The van der Waals surface area contributed by atoms with Crippen molar-refractivity contribution in [2.75, 3.05) is 26.2 Å². The first-order chi connectivity index (χ1) is 11.6. The molecule has 0 bridgehead atoms. The average molecular weight is 337 g/mol. The number of rotatable bonds is 5. The van der Waals surface area contributed by atoms with Crippen molar-refractivity contribution in [1.82, 2.24) is 15.1 Å². The van der Waals surface area contributed by atoms with E-state index in [0.717, 1.165) is 32.2 Å². The Morgan fingerprint density at radius 2 is 2.04 bits per heavy atom. The second-order valence-electron chi connectivity index (χ2n) is 6.99. The second kappa shape index (κ2) is 7.09. The molecule has 4 amide bonds. The summed E-state index contributed by atoms with van der Waals surface area (Å²) in [5.74, 6) is -0.156. The van der Waals surface area contributed by atoms with Crippen molar-refractivity contribution >= 4 is 17.8 Å². The Bertz CT molecular complexity index is 514. The van der Waals surface area contributed by atoms with Gasteiger partial charge < -0.3 is 15.0 Å². The van der Waals surface area contributed by atoms with Crippen LogP contribution in [0, 0.1) is 0 Å². The highest BCUT2D eigenvalue weighted by Crippen LogP contribution is 2.35. The van der Waals surface area contributed by atoms with Crippen LogP contribution in [0.15, 0.2) is 0 Å². The number of ether oxygens (including phenoxy) is 1. The van der Waals surface area contributed by atoms with Gasteiger partial charge in [-0.1, -0.05) is 12.8 Å². The summed E-state index contributed by atoms with van der Waals surface area (Å²) in [4.78, 5) is 40.1. The van der Waals surface area contributed by atoms with Gasteiger partial charge in [0.15, 0.2) is 0 Å². The molecule has 0 unspecified atom stereocenters. The largest absolute Gasteiger partial charge is 0.377 e. The molecule has 0 aromatic rings. The van der Waals surface area contributed by atoms with Crippen LogP contribution >= 0.6 is 0 Å². The highest BCUT2D eigenvalue weighted by molar-refractivity contribution is 6.07. The van der Waals surface area contributed by atoms with Crippen molar-refractivity contribution in [3.8, 4) is 0 Å². The SMILES string of the molecule is CCO[C@H]1CCCN(C(=O)CCN2C(=O)NC3(CCCC3)C2=O)C1. The van der Waals surface area contributed by atoms with E-state index < -0.39 is 5.54 Å². The lowest BCUT2D eigenvalue weighted by Crippen LogP contribution is -2.45. The smallest absolute Gasteiger partial charge is 0.325 e. The molecular weight excluding hydrogens is 310 g/mol. The molecule has 7 nitrogen and oxygen atoms in total. The van der Waals surface area contributed by atoms with Gasteiger partial charge >= 0.3 is 6.03 Å². The maximum Gasteiger partial charge on any atom is 0.325 e. The number of urea groups is 1. The molecule has 3 fully saturated rings. The standard InChI is InChI=1S/C17H27N3O4/c1-2-24-13-6-5-10-19(12-13)14(21)7-11-20-15(22)17(18-16(20)23)8-3-4-9-17/h13H,2-12H2,1H3,(H,18,23)/t13-/m0/s1. The fourth-order valence-electron chi connectivity index (χ4n) is 4.10. The summed E-state index contributed by atoms with van der Waals surface area (Å²) in [5.41, 5.74) is -0.689. The summed E-state index contributed by atoms with van der Waals surface area (Å²) >= 11 is 0. The van der Waals surface area contributed by atoms with Gasteiger partial charge in [0.05, 0.1) is 6.10 Å². The van der Waals surface area contributed by atoms with E-state index in [9.17, 15) is 14.4 Å². The lowest BCUT2D eigenvalue weighted by Gasteiger charge is -2.32. The van der Waals surface area contributed by atoms with E-state index in [1.165, 1.54) is 4.90 Å². The van der Waals surface area contributed by atoms with E-state index in [4.69, 9.17) is 4.74 Å². The van der Waals surface area contributed by atoms with Crippen LogP contribution in [0.4, 0.5) is 4.79 Å². The number of amides is 4. The van der Waals surface area contributed by atoms with Crippen LogP contribution in [0.2, 0.25) is 0 Å². The van der Waals surface area contributed by atoms with Crippen molar-refractivity contribution in [3.05, 3.63) is 0 Å². The molecule has 2 saturated heterocycles. The number of hydrogen-bond donors (Lipinski definition) is 1. The molecule has 3 rings (SSSR count). The zero-order chi connectivity index (χ0) is 17.2. The Labute approximate surface area is 142 Å². The van der Waals surface area contributed by atoms with Crippen LogP contribution in [-0.4, -0.2) is 65.5 Å². The molecule has 7 heteroatoms. The zero-order valence-electron chi connectivity index (χ0n) is 14.4. The number of nitrogens with zero attached hydrogens (tertiary/aromatic N) is 2. The van der Waals surface area contributed by atoms with Crippen molar-refractivity contribution in [1.29, 1.82) is 0 Å². The zero-order valence-corrected chi connectivity index (χ0v) is 14.4. The number of carbonyl (C=O) groups excluding carboxylic acids is 3. The average Bonchev–Trinajstić information content (AvgIpc) is 3.13. The van der Waals surface area contributed by atoms with Crippen molar-refractivity contribution in [2.45, 2.75) is 63.5 Å². The normalized spacial score (nSPS) is 26.3. The van der Waals surface area contributed by atoms with Crippen LogP contribution in [-0.2, 0) is 14.3 Å². The van der Waals surface area contributed by atoms with E-state index in [1.54, 1.807) is 4.90 Å². The molecule has 0 aromatic heterocycles. The third kappa shape index (κ3) is 3.27. The first kappa shape index (κ1) is 17.2. The quantitative estimate of drug-likeness (QED) is 0.766. The minimum absolute atomic E-state index is 0.00706. The van der Waals surface area contributed by atoms with Gasteiger partial charge in [0.2, 0.25) is 5.91 Å². The summed E-state index contributed by atoms with van der Waals surface area (Å²) < 4.78 is 5.62. The minimum atomic E-state index is -0.689. The topological polar surface area (TPSA) is 79.0 Å². The van der Waals surface area contributed by atoms with E-state index >= 15 is 0 Å². The Morgan fingerprint density at radius 3 is 2.75 bits per heavy atom. The summed E-state index contributed by atoms with van der Waals surface area (Å²) in [6.07, 6.45) is 5.56. The van der Waals surface area contributed by atoms with Gasteiger partial charge in [-0.15, -0.1) is 0 Å². The molecule has 2 heterocycles. The summed E-state index contributed by atoms with van der Waals surface area (Å²) in [5, 5.41) is 2.85. The third-order valence-corrected chi connectivity index (χ3v) is 5.39. The van der Waals surface area contributed by atoms with Crippen LogP contribution < -0.4 is 5.32 Å². The van der Waals surface area contributed by atoms with E-state index in [0.29, 0.717) is 26.0 Å².